The molecule has 16 heavy (non-hydrogen) atoms. The third kappa shape index (κ3) is 2.44. The monoisotopic (exact) mass is 224 g/mol. The maximum absolute atomic E-state index is 9.46. The number of aliphatic hydroxyl groups excluding tert-OH is 1. The van der Waals surface area contributed by atoms with Crippen LogP contribution in [0.1, 0.15) is 50.3 Å². The maximum Gasteiger partial charge on any atom is 0.0792 e. The molecular formula is C12H20N2O2. The Morgan fingerprint density at radius 3 is 3.00 bits per heavy atom. The van der Waals surface area contributed by atoms with E-state index in [4.69, 9.17) is 4.74 Å². The summed E-state index contributed by atoms with van der Waals surface area (Å²) in [7, 11) is 1.78. The molecule has 0 aromatic carbocycles. The lowest BCUT2D eigenvalue weighted by molar-refractivity contribution is 0.0507. The van der Waals surface area contributed by atoms with Crippen molar-refractivity contribution >= 4 is 0 Å². The molecule has 1 aromatic rings. The molecule has 0 saturated heterocycles. The van der Waals surface area contributed by atoms with Crippen molar-refractivity contribution in [3.05, 3.63) is 18.0 Å². The van der Waals surface area contributed by atoms with Crippen LogP contribution in [0.3, 0.4) is 0 Å². The minimum absolute atomic E-state index is 0.359. The third-order valence-electron chi connectivity index (χ3n) is 3.41. The van der Waals surface area contributed by atoms with Gasteiger partial charge in [-0.2, -0.15) is 5.10 Å². The van der Waals surface area contributed by atoms with E-state index in [1.165, 1.54) is 6.42 Å². The molecule has 1 aliphatic carbocycles. The number of nitrogens with zero attached hydrogens (tertiary/aromatic N) is 2. The van der Waals surface area contributed by atoms with Gasteiger partial charge in [0.15, 0.2) is 0 Å². The number of methoxy groups -OCH3 is 1. The van der Waals surface area contributed by atoms with Crippen LogP contribution < -0.4 is 0 Å². The van der Waals surface area contributed by atoms with Crippen molar-refractivity contribution in [1.29, 1.82) is 0 Å². The normalized spacial score (nSPS) is 27.9. The molecule has 90 valence electrons. The molecular weight excluding hydrogens is 204 g/mol. The number of hydrogen-bond donors (Lipinski definition) is 1. The van der Waals surface area contributed by atoms with Gasteiger partial charge in [0.25, 0.3) is 0 Å². The van der Waals surface area contributed by atoms with E-state index in [-0.39, 0.29) is 0 Å². The molecule has 1 heterocycles. The minimum atomic E-state index is -0.435. The van der Waals surface area contributed by atoms with Crippen LogP contribution in [0.15, 0.2) is 12.4 Å². The van der Waals surface area contributed by atoms with Gasteiger partial charge in [0, 0.05) is 18.9 Å². The average molecular weight is 224 g/mol. The highest BCUT2D eigenvalue weighted by molar-refractivity contribution is 5.07. The van der Waals surface area contributed by atoms with Crippen molar-refractivity contribution in [1.82, 2.24) is 9.78 Å². The lowest BCUT2D eigenvalue weighted by Gasteiger charge is -2.28. The molecule has 3 atom stereocenters. The Bertz CT molecular complexity index is 336. The van der Waals surface area contributed by atoms with Gasteiger partial charge in [-0.05, 0) is 32.6 Å². The summed E-state index contributed by atoms with van der Waals surface area (Å²) in [6.07, 6.45) is 8.14. The largest absolute Gasteiger partial charge is 0.389 e. The number of ether oxygens (including phenoxy) is 1. The molecule has 1 fully saturated rings. The van der Waals surface area contributed by atoms with Gasteiger partial charge in [-0.1, -0.05) is 0 Å². The van der Waals surface area contributed by atoms with E-state index in [0.717, 1.165) is 24.8 Å². The fraction of sp³-hybridized carbons (Fsp3) is 0.750. The van der Waals surface area contributed by atoms with E-state index in [1.54, 1.807) is 20.2 Å². The first kappa shape index (κ1) is 11.6. The average Bonchev–Trinajstić information content (AvgIpc) is 2.78. The predicted molar refractivity (Wildman–Crippen MR) is 61.2 cm³/mol. The summed E-state index contributed by atoms with van der Waals surface area (Å²) >= 11 is 0. The van der Waals surface area contributed by atoms with Crippen molar-refractivity contribution in [2.75, 3.05) is 7.11 Å². The highest BCUT2D eigenvalue weighted by Gasteiger charge is 2.23. The topological polar surface area (TPSA) is 47.3 Å². The van der Waals surface area contributed by atoms with Gasteiger partial charge in [-0.15, -0.1) is 0 Å². The van der Waals surface area contributed by atoms with E-state index in [0.29, 0.717) is 12.1 Å². The van der Waals surface area contributed by atoms with Gasteiger partial charge in [-0.25, -0.2) is 0 Å². The molecule has 1 aromatic heterocycles. The second-order valence-corrected chi connectivity index (χ2v) is 4.61. The van der Waals surface area contributed by atoms with Crippen molar-refractivity contribution in [3.8, 4) is 0 Å². The molecule has 4 nitrogen and oxygen atoms in total. The Labute approximate surface area is 96.2 Å². The van der Waals surface area contributed by atoms with Crippen molar-refractivity contribution < 1.29 is 9.84 Å². The molecule has 1 aliphatic rings. The summed E-state index contributed by atoms with van der Waals surface area (Å²) in [5.41, 5.74) is 0.888. The number of aliphatic hydroxyl groups is 1. The fourth-order valence-corrected chi connectivity index (χ4v) is 2.34. The lowest BCUT2D eigenvalue weighted by atomic mass is 9.93. The van der Waals surface area contributed by atoms with Crippen molar-refractivity contribution in [2.24, 2.45) is 0 Å². The van der Waals surface area contributed by atoms with Crippen LogP contribution in [-0.4, -0.2) is 28.1 Å². The van der Waals surface area contributed by atoms with Gasteiger partial charge < -0.3 is 9.84 Å². The second kappa shape index (κ2) is 4.97. The van der Waals surface area contributed by atoms with Gasteiger partial charge in [0.1, 0.15) is 0 Å². The Morgan fingerprint density at radius 1 is 1.56 bits per heavy atom. The first-order valence-electron chi connectivity index (χ1n) is 5.95. The summed E-state index contributed by atoms with van der Waals surface area (Å²) in [4.78, 5) is 0. The lowest BCUT2D eigenvalue weighted by Crippen LogP contribution is -2.24. The smallest absolute Gasteiger partial charge is 0.0792 e. The summed E-state index contributed by atoms with van der Waals surface area (Å²) in [6.45, 7) is 1.76. The molecule has 0 radical (unpaired) electrons. The third-order valence-corrected chi connectivity index (χ3v) is 3.41. The van der Waals surface area contributed by atoms with E-state index in [9.17, 15) is 5.11 Å². The summed E-state index contributed by atoms with van der Waals surface area (Å²) in [5.74, 6) is 0. The summed E-state index contributed by atoms with van der Waals surface area (Å²) < 4.78 is 7.39. The highest BCUT2D eigenvalue weighted by atomic mass is 16.5. The molecule has 0 spiro atoms. The van der Waals surface area contributed by atoms with E-state index in [2.05, 4.69) is 5.10 Å². The van der Waals surface area contributed by atoms with Crippen molar-refractivity contribution in [2.45, 2.75) is 50.9 Å². The van der Waals surface area contributed by atoms with Crippen molar-refractivity contribution in [3.63, 3.8) is 0 Å². The first-order chi connectivity index (χ1) is 7.70. The number of aromatic nitrogens is 2. The van der Waals surface area contributed by atoms with Crippen LogP contribution in [0.2, 0.25) is 0 Å². The van der Waals surface area contributed by atoms with Gasteiger partial charge in [0.05, 0.1) is 24.4 Å². The van der Waals surface area contributed by atoms with Crippen LogP contribution in [0.4, 0.5) is 0 Å². The molecule has 0 aliphatic heterocycles. The Balaban J connectivity index is 2.05. The van der Waals surface area contributed by atoms with Crippen LogP contribution in [-0.2, 0) is 4.74 Å². The molecule has 1 N–H and O–H groups in total. The Hall–Kier alpha value is -0.870. The predicted octanol–water partition coefficient (Wildman–Crippen LogP) is 2.07. The summed E-state index contributed by atoms with van der Waals surface area (Å²) in [5, 5.41) is 13.8. The van der Waals surface area contributed by atoms with E-state index < -0.39 is 6.10 Å². The zero-order chi connectivity index (χ0) is 11.5. The SMILES string of the molecule is COC1CCCC(n2cc(C(C)O)cn2)C1. The molecule has 0 bridgehead atoms. The standard InChI is InChI=1S/C12H20N2O2/c1-9(15)10-7-13-14(8-10)11-4-3-5-12(6-11)16-2/h7-9,11-12,15H,3-6H2,1-2H3. The first-order valence-corrected chi connectivity index (χ1v) is 5.95. The van der Waals surface area contributed by atoms with E-state index in [1.807, 2.05) is 10.9 Å². The van der Waals surface area contributed by atoms with Crippen LogP contribution in [0.25, 0.3) is 0 Å². The molecule has 2 rings (SSSR count). The Morgan fingerprint density at radius 2 is 2.38 bits per heavy atom. The number of rotatable bonds is 3. The quantitative estimate of drug-likeness (QED) is 0.855. The summed E-state index contributed by atoms with van der Waals surface area (Å²) in [6, 6.07) is 0.422. The van der Waals surface area contributed by atoms with Gasteiger partial charge in [-0.3, -0.25) is 4.68 Å². The van der Waals surface area contributed by atoms with Gasteiger partial charge >= 0.3 is 0 Å². The molecule has 1 saturated carbocycles. The highest BCUT2D eigenvalue weighted by Crippen LogP contribution is 2.30. The number of hydrogen-bond acceptors (Lipinski definition) is 3. The van der Waals surface area contributed by atoms with Crippen LogP contribution in [0.5, 0.6) is 0 Å². The van der Waals surface area contributed by atoms with Crippen LogP contribution in [0, 0.1) is 0 Å². The van der Waals surface area contributed by atoms with E-state index >= 15 is 0 Å². The molecule has 3 unspecified atom stereocenters. The molecule has 4 heteroatoms. The Kier molecular flexibility index (Phi) is 3.61. The zero-order valence-electron chi connectivity index (χ0n) is 9.97. The maximum atomic E-state index is 9.46. The fourth-order valence-electron chi connectivity index (χ4n) is 2.34. The molecule has 0 amide bonds. The van der Waals surface area contributed by atoms with Gasteiger partial charge in [0.2, 0.25) is 0 Å². The van der Waals surface area contributed by atoms with Crippen LogP contribution >= 0.6 is 0 Å². The zero-order valence-corrected chi connectivity index (χ0v) is 9.97. The minimum Gasteiger partial charge on any atom is -0.389 e. The second-order valence-electron chi connectivity index (χ2n) is 4.61.